The minimum Gasteiger partial charge on any atom is -0.534 e. The number of halogens is 1. The number of piperazine rings is 1. The van der Waals surface area contributed by atoms with Crippen molar-refractivity contribution in [3.05, 3.63) is 64.5 Å². The summed E-state index contributed by atoms with van der Waals surface area (Å²) in [4.78, 5) is 75.8. The van der Waals surface area contributed by atoms with Gasteiger partial charge in [0, 0.05) is 19.6 Å². The second-order valence-electron chi connectivity index (χ2n) is 9.20. The number of amides is 5. The number of hydrogen-bond acceptors (Lipinski definition) is 8. The van der Waals surface area contributed by atoms with Crippen LogP contribution in [0.3, 0.4) is 0 Å². The Kier molecular flexibility index (Phi) is 8.23. The van der Waals surface area contributed by atoms with Crippen LogP contribution in [-0.2, 0) is 20.8 Å². The molecule has 2 atom stereocenters. The topological polar surface area (TPSA) is 203 Å². The van der Waals surface area contributed by atoms with Crippen molar-refractivity contribution in [3.8, 4) is 5.75 Å². The van der Waals surface area contributed by atoms with Gasteiger partial charge in [-0.25, -0.2) is 18.8 Å². The number of rotatable bonds is 7. The van der Waals surface area contributed by atoms with Gasteiger partial charge in [-0.2, -0.15) is 0 Å². The third-order valence-electron chi connectivity index (χ3n) is 6.70. The molecule has 1 saturated heterocycles. The Bertz CT molecular complexity index is 1450. The van der Waals surface area contributed by atoms with E-state index in [1.807, 2.05) is 0 Å². The molecule has 214 valence electrons. The molecule has 0 saturated carbocycles. The summed E-state index contributed by atoms with van der Waals surface area (Å²) in [6.07, 6.45) is -0.0810. The van der Waals surface area contributed by atoms with Crippen LogP contribution in [0.4, 0.5) is 9.18 Å². The molecule has 41 heavy (non-hydrogen) atoms. The first-order valence-corrected chi connectivity index (χ1v) is 12.4. The zero-order valence-electron chi connectivity index (χ0n) is 21.5. The van der Waals surface area contributed by atoms with Gasteiger partial charge in [0.2, 0.25) is 5.91 Å². The molecule has 0 bridgehead atoms. The minimum atomic E-state index is -1.72. The summed E-state index contributed by atoms with van der Waals surface area (Å²) in [5, 5.41) is 33.8. The molecule has 2 aliphatic rings. The third kappa shape index (κ3) is 5.81. The minimum absolute atomic E-state index is 0.0522. The van der Waals surface area contributed by atoms with Gasteiger partial charge in [-0.15, -0.1) is 0 Å². The molecule has 0 spiro atoms. The van der Waals surface area contributed by atoms with E-state index >= 15 is 0 Å². The molecule has 5 N–H and O–H groups in total. The van der Waals surface area contributed by atoms with Crippen LogP contribution < -0.4 is 15.3 Å². The van der Waals surface area contributed by atoms with Crippen molar-refractivity contribution in [1.29, 1.82) is 0 Å². The maximum absolute atomic E-state index is 14.6. The summed E-state index contributed by atoms with van der Waals surface area (Å²) in [6, 6.07) is 4.10. The molecule has 0 aromatic heterocycles. The van der Waals surface area contributed by atoms with Crippen LogP contribution in [-0.4, -0.2) is 93.4 Å². The number of carboxylic acid groups (broad SMARTS) is 2. The Balaban J connectivity index is 1.61. The number of para-hydroxylation sites is 1. The van der Waals surface area contributed by atoms with Crippen molar-refractivity contribution in [2.45, 2.75) is 25.3 Å². The van der Waals surface area contributed by atoms with E-state index in [0.29, 0.717) is 10.5 Å². The van der Waals surface area contributed by atoms with Gasteiger partial charge in [0.25, 0.3) is 0 Å². The van der Waals surface area contributed by atoms with E-state index in [2.05, 4.69) is 10.6 Å². The van der Waals surface area contributed by atoms with E-state index in [9.17, 15) is 43.3 Å². The Hall–Kier alpha value is -4.99. The molecule has 16 heteroatoms. The molecule has 2 unspecified atom stereocenters. The Morgan fingerprint density at radius 3 is 2.41 bits per heavy atom. The summed E-state index contributed by atoms with van der Waals surface area (Å²) >= 11 is 0. The third-order valence-corrected chi connectivity index (χ3v) is 6.70. The van der Waals surface area contributed by atoms with Crippen LogP contribution in [0, 0.1) is 5.82 Å². The number of likely N-dealkylation sites (N-methyl/N-ethyl adjacent to an activating group) is 1. The predicted octanol–water partition coefficient (Wildman–Crippen LogP) is -0.197. The van der Waals surface area contributed by atoms with Crippen LogP contribution in [0.5, 0.6) is 5.75 Å². The predicted molar refractivity (Wildman–Crippen MR) is 136 cm³/mol. The lowest BCUT2D eigenvalue weighted by molar-refractivity contribution is -0.153. The second kappa shape index (κ2) is 11.6. The number of imide groups is 1. The Labute approximate surface area is 231 Å². The highest BCUT2D eigenvalue weighted by Crippen LogP contribution is 2.30. The molecule has 0 aliphatic carbocycles. The first kappa shape index (κ1) is 29.0. The molecule has 2 aliphatic heterocycles. The first-order valence-electron chi connectivity index (χ1n) is 12.4. The van der Waals surface area contributed by atoms with E-state index in [-0.39, 0.29) is 42.9 Å². The summed E-state index contributed by atoms with van der Waals surface area (Å²) in [7, 11) is -1.71. The van der Waals surface area contributed by atoms with Gasteiger partial charge >= 0.3 is 36.9 Å². The van der Waals surface area contributed by atoms with E-state index in [1.54, 1.807) is 6.92 Å². The SMILES string of the molecule is CCN1CCN(C(=O)NC(C(=O)NC2Cc3cccc(C(=O)O)c3OB2O)c2ccc(C(=O)O)c(F)c2)C(=O)C1=O. The number of carbonyl (C=O) groups is 6. The van der Waals surface area contributed by atoms with Crippen molar-refractivity contribution in [3.63, 3.8) is 0 Å². The fourth-order valence-electron chi connectivity index (χ4n) is 4.54. The lowest BCUT2D eigenvalue weighted by atomic mass is 9.72. The molecule has 4 rings (SSSR count). The lowest BCUT2D eigenvalue weighted by Crippen LogP contribution is -2.60. The molecular weight excluding hydrogens is 546 g/mol. The molecule has 2 aromatic rings. The van der Waals surface area contributed by atoms with Crippen LogP contribution in [0.15, 0.2) is 36.4 Å². The normalized spacial score (nSPS) is 17.3. The van der Waals surface area contributed by atoms with Gasteiger partial charge in [-0.3, -0.25) is 19.3 Å². The van der Waals surface area contributed by atoms with Crippen LogP contribution in [0.25, 0.3) is 0 Å². The average molecular weight is 570 g/mol. The van der Waals surface area contributed by atoms with Crippen LogP contribution in [0.2, 0.25) is 0 Å². The summed E-state index contributed by atoms with van der Waals surface area (Å²) in [5.74, 6) is -8.37. The number of carbonyl (C=O) groups excluding carboxylic acids is 4. The van der Waals surface area contributed by atoms with Crippen LogP contribution >= 0.6 is 0 Å². The lowest BCUT2D eigenvalue weighted by Gasteiger charge is -2.33. The number of fused-ring (bicyclic) bond motifs is 1. The maximum Gasteiger partial charge on any atom is 0.547 e. The Morgan fingerprint density at radius 1 is 1.07 bits per heavy atom. The quantitative estimate of drug-likeness (QED) is 0.219. The van der Waals surface area contributed by atoms with E-state index in [4.69, 9.17) is 9.76 Å². The smallest absolute Gasteiger partial charge is 0.534 e. The molecule has 1 fully saturated rings. The molecular formula is C25H24BFN4O10. The van der Waals surface area contributed by atoms with E-state index in [0.717, 1.165) is 18.2 Å². The summed E-state index contributed by atoms with van der Waals surface area (Å²) < 4.78 is 19.9. The summed E-state index contributed by atoms with van der Waals surface area (Å²) in [6.45, 7) is 1.77. The number of hydrogen-bond donors (Lipinski definition) is 5. The number of aromatic carboxylic acids is 2. The molecule has 14 nitrogen and oxygen atoms in total. The monoisotopic (exact) mass is 570 g/mol. The first-order chi connectivity index (χ1) is 19.4. The summed E-state index contributed by atoms with van der Waals surface area (Å²) in [5.41, 5.74) is -0.745. The van der Waals surface area contributed by atoms with Crippen molar-refractivity contribution in [2.75, 3.05) is 19.6 Å². The van der Waals surface area contributed by atoms with Gasteiger partial charge < -0.3 is 35.4 Å². The van der Waals surface area contributed by atoms with Crippen molar-refractivity contribution < 1.29 is 53.0 Å². The largest absolute Gasteiger partial charge is 0.547 e. The fourth-order valence-corrected chi connectivity index (χ4v) is 4.54. The van der Waals surface area contributed by atoms with Gasteiger partial charge in [0.15, 0.2) is 0 Å². The van der Waals surface area contributed by atoms with Gasteiger partial charge in [-0.1, -0.05) is 18.2 Å². The second-order valence-corrected chi connectivity index (χ2v) is 9.20. The zero-order valence-corrected chi connectivity index (χ0v) is 21.5. The fraction of sp³-hybridized carbons (Fsp3) is 0.280. The molecule has 2 aromatic carbocycles. The number of carboxylic acids is 2. The average Bonchev–Trinajstić information content (AvgIpc) is 2.92. The van der Waals surface area contributed by atoms with Crippen molar-refractivity contribution in [1.82, 2.24) is 20.4 Å². The van der Waals surface area contributed by atoms with Gasteiger partial charge in [0.1, 0.15) is 17.6 Å². The highest BCUT2D eigenvalue weighted by atomic mass is 19.1. The van der Waals surface area contributed by atoms with E-state index < -0.39 is 66.2 Å². The van der Waals surface area contributed by atoms with Gasteiger partial charge in [-0.05, 0) is 42.7 Å². The number of nitrogens with zero attached hydrogens (tertiary/aromatic N) is 2. The Morgan fingerprint density at radius 2 is 1.78 bits per heavy atom. The number of benzene rings is 2. The highest BCUT2D eigenvalue weighted by molar-refractivity contribution is 6.47. The zero-order chi connectivity index (χ0) is 30.0. The van der Waals surface area contributed by atoms with Crippen LogP contribution in [0.1, 0.15) is 44.8 Å². The van der Waals surface area contributed by atoms with Gasteiger partial charge in [0.05, 0.1) is 17.1 Å². The highest BCUT2D eigenvalue weighted by Gasteiger charge is 2.41. The standard InChI is InChI=1S/C25H24BFN4O10/c1-2-30-8-9-31(22(34)21(30)33)25(39)29-18(12-6-7-14(23(35)36)16(27)10-12)20(32)28-17-11-13-4-3-5-15(24(37)38)19(13)41-26(17)40/h3-7,10,17-18,40H,2,8-9,11H2,1H3,(H,28,32)(H,29,39)(H,35,36)(H,37,38). The number of urea groups is 1. The van der Waals surface area contributed by atoms with E-state index in [1.165, 1.54) is 23.1 Å². The number of nitrogens with one attached hydrogen (secondary N) is 2. The molecule has 0 radical (unpaired) electrons. The maximum atomic E-state index is 14.6. The van der Waals surface area contributed by atoms with Crippen molar-refractivity contribution in [2.24, 2.45) is 0 Å². The molecule has 2 heterocycles. The molecule has 5 amide bonds. The van der Waals surface area contributed by atoms with Crippen molar-refractivity contribution >= 4 is 42.8 Å².